The first-order valence-electron chi connectivity index (χ1n) is 7.39. The van der Waals surface area contributed by atoms with Crippen LogP contribution in [0.3, 0.4) is 0 Å². The number of phenolic OH excluding ortho intramolecular Hbond substituents is 1. The third-order valence-corrected chi connectivity index (χ3v) is 4.85. The number of nitrogens with two attached hydrogens (primary N) is 1. The van der Waals surface area contributed by atoms with Crippen molar-refractivity contribution in [3.8, 4) is 17.1 Å². The molecule has 9 heteroatoms. The van der Waals surface area contributed by atoms with Crippen molar-refractivity contribution in [2.75, 3.05) is 4.72 Å². The number of aromatic hydroxyl groups is 1. The highest BCUT2D eigenvalue weighted by Crippen LogP contribution is 2.21. The van der Waals surface area contributed by atoms with Crippen molar-refractivity contribution in [3.05, 3.63) is 66.5 Å². The molecule has 0 aliphatic rings. The zero-order valence-electron chi connectivity index (χ0n) is 13.3. The van der Waals surface area contributed by atoms with E-state index in [1.807, 2.05) is 0 Å². The van der Waals surface area contributed by atoms with E-state index in [0.717, 1.165) is 0 Å². The lowest BCUT2D eigenvalue weighted by Crippen LogP contribution is -2.15. The minimum absolute atomic E-state index is 0.0282. The summed E-state index contributed by atoms with van der Waals surface area (Å²) in [5, 5.41) is 9.49. The molecule has 0 radical (unpaired) electrons. The first kappa shape index (κ1) is 17.4. The standard InChI is InChI=1S/C17H14N4O4S/c18-16(23)11-4-6-15(7-5-11)26(24,25)21-13-9-19-17(20-10-13)12-2-1-3-14(22)8-12/h1-10,21-22H,(H2,18,23). The first-order valence-corrected chi connectivity index (χ1v) is 8.87. The molecule has 1 amide bonds. The van der Waals surface area contributed by atoms with Crippen LogP contribution in [0.15, 0.2) is 65.8 Å². The van der Waals surface area contributed by atoms with Gasteiger partial charge in [0.2, 0.25) is 5.91 Å². The number of sulfonamides is 1. The molecule has 0 bridgehead atoms. The van der Waals surface area contributed by atoms with Crippen LogP contribution in [0.2, 0.25) is 0 Å². The molecule has 0 aliphatic carbocycles. The third kappa shape index (κ3) is 3.78. The van der Waals surface area contributed by atoms with E-state index < -0.39 is 15.9 Å². The lowest BCUT2D eigenvalue weighted by Gasteiger charge is -2.08. The van der Waals surface area contributed by atoms with Gasteiger partial charge in [0, 0.05) is 11.1 Å². The molecule has 1 aromatic heterocycles. The largest absolute Gasteiger partial charge is 0.508 e. The fourth-order valence-electron chi connectivity index (χ4n) is 2.19. The Balaban J connectivity index is 1.80. The molecule has 0 unspecified atom stereocenters. The van der Waals surface area contributed by atoms with Crippen LogP contribution in [0, 0.1) is 0 Å². The maximum Gasteiger partial charge on any atom is 0.261 e. The fourth-order valence-corrected chi connectivity index (χ4v) is 3.22. The molecule has 1 heterocycles. The smallest absolute Gasteiger partial charge is 0.261 e. The molecule has 0 spiro atoms. The molecular weight excluding hydrogens is 356 g/mol. The predicted octanol–water partition coefficient (Wildman–Crippen LogP) is 1.75. The normalized spacial score (nSPS) is 11.1. The number of nitrogens with zero attached hydrogens (tertiary/aromatic N) is 2. The Hall–Kier alpha value is -3.46. The summed E-state index contributed by atoms with van der Waals surface area (Å²) in [5.74, 6) is -0.220. The summed E-state index contributed by atoms with van der Waals surface area (Å²) in [4.78, 5) is 19.2. The second-order valence-electron chi connectivity index (χ2n) is 5.34. The average Bonchev–Trinajstić information content (AvgIpc) is 2.62. The van der Waals surface area contributed by atoms with Gasteiger partial charge in [-0.1, -0.05) is 12.1 Å². The molecule has 3 aromatic rings. The third-order valence-electron chi connectivity index (χ3n) is 3.46. The minimum Gasteiger partial charge on any atom is -0.508 e. The molecule has 0 atom stereocenters. The molecule has 0 saturated carbocycles. The Bertz CT molecular complexity index is 1050. The van der Waals surface area contributed by atoms with Gasteiger partial charge < -0.3 is 10.8 Å². The van der Waals surface area contributed by atoms with E-state index >= 15 is 0 Å². The minimum atomic E-state index is -3.86. The number of aromatic nitrogens is 2. The monoisotopic (exact) mass is 370 g/mol. The first-order chi connectivity index (χ1) is 12.3. The van der Waals surface area contributed by atoms with Gasteiger partial charge in [-0.25, -0.2) is 18.4 Å². The van der Waals surface area contributed by atoms with E-state index in [4.69, 9.17) is 5.73 Å². The molecule has 0 saturated heterocycles. The van der Waals surface area contributed by atoms with E-state index in [1.165, 1.54) is 48.8 Å². The second kappa shape index (κ2) is 6.81. The molecule has 3 rings (SSSR count). The molecule has 4 N–H and O–H groups in total. The summed E-state index contributed by atoms with van der Waals surface area (Å²) in [5.41, 5.74) is 6.12. The van der Waals surface area contributed by atoms with Crippen LogP contribution in [0.25, 0.3) is 11.4 Å². The Labute approximate surface area is 149 Å². The summed E-state index contributed by atoms with van der Waals surface area (Å²) in [7, 11) is -3.86. The fraction of sp³-hybridized carbons (Fsp3) is 0. The number of carbonyl (C=O) groups excluding carboxylic acids is 1. The van der Waals surface area contributed by atoms with E-state index in [0.29, 0.717) is 11.4 Å². The van der Waals surface area contributed by atoms with Crippen molar-refractivity contribution < 1.29 is 18.3 Å². The summed E-state index contributed by atoms with van der Waals surface area (Å²) >= 11 is 0. The Morgan fingerprint density at radius 1 is 1.04 bits per heavy atom. The van der Waals surface area contributed by atoms with Gasteiger partial charge in [0.1, 0.15) is 5.75 Å². The number of amides is 1. The molecule has 26 heavy (non-hydrogen) atoms. The number of benzene rings is 2. The van der Waals surface area contributed by atoms with Gasteiger partial charge in [-0.15, -0.1) is 0 Å². The van der Waals surface area contributed by atoms with Crippen molar-refractivity contribution >= 4 is 21.6 Å². The highest BCUT2D eigenvalue weighted by Gasteiger charge is 2.15. The number of nitrogens with one attached hydrogen (secondary N) is 1. The average molecular weight is 370 g/mol. The topological polar surface area (TPSA) is 135 Å². The Morgan fingerprint density at radius 2 is 1.69 bits per heavy atom. The van der Waals surface area contributed by atoms with Gasteiger partial charge in [0.25, 0.3) is 10.0 Å². The van der Waals surface area contributed by atoms with Gasteiger partial charge in [0.05, 0.1) is 23.0 Å². The number of carbonyl (C=O) groups is 1. The van der Waals surface area contributed by atoms with Gasteiger partial charge >= 0.3 is 0 Å². The predicted molar refractivity (Wildman–Crippen MR) is 94.9 cm³/mol. The molecule has 2 aromatic carbocycles. The molecule has 0 fully saturated rings. The Morgan fingerprint density at radius 3 is 2.27 bits per heavy atom. The number of primary amides is 1. The number of hydrogen-bond donors (Lipinski definition) is 3. The Kier molecular flexibility index (Phi) is 4.55. The molecular formula is C17H14N4O4S. The summed E-state index contributed by atoms with van der Waals surface area (Å²) in [6, 6.07) is 11.6. The highest BCUT2D eigenvalue weighted by molar-refractivity contribution is 7.92. The van der Waals surface area contributed by atoms with Crippen molar-refractivity contribution in [2.24, 2.45) is 5.73 Å². The number of hydrogen-bond acceptors (Lipinski definition) is 6. The maximum atomic E-state index is 12.4. The zero-order chi connectivity index (χ0) is 18.7. The van der Waals surface area contributed by atoms with Crippen LogP contribution in [-0.4, -0.2) is 29.4 Å². The van der Waals surface area contributed by atoms with Crippen molar-refractivity contribution in [2.45, 2.75) is 4.90 Å². The van der Waals surface area contributed by atoms with Gasteiger partial charge in [-0.3, -0.25) is 9.52 Å². The van der Waals surface area contributed by atoms with Crippen molar-refractivity contribution in [3.63, 3.8) is 0 Å². The van der Waals surface area contributed by atoms with Gasteiger partial charge in [0.15, 0.2) is 5.82 Å². The van der Waals surface area contributed by atoms with Crippen molar-refractivity contribution in [1.82, 2.24) is 9.97 Å². The lowest BCUT2D eigenvalue weighted by molar-refractivity contribution is 0.1000. The van der Waals surface area contributed by atoms with Crippen LogP contribution in [-0.2, 0) is 10.0 Å². The summed E-state index contributed by atoms with van der Waals surface area (Å²) in [6.07, 6.45) is 2.64. The molecule has 0 aliphatic heterocycles. The van der Waals surface area contributed by atoms with E-state index in [2.05, 4.69) is 14.7 Å². The van der Waals surface area contributed by atoms with Crippen LogP contribution in [0.5, 0.6) is 5.75 Å². The summed E-state index contributed by atoms with van der Waals surface area (Å²) < 4.78 is 27.1. The lowest BCUT2D eigenvalue weighted by atomic mass is 10.2. The van der Waals surface area contributed by atoms with E-state index in [-0.39, 0.29) is 21.9 Å². The molecule has 8 nitrogen and oxygen atoms in total. The van der Waals surface area contributed by atoms with Gasteiger partial charge in [-0.2, -0.15) is 0 Å². The number of anilines is 1. The van der Waals surface area contributed by atoms with Gasteiger partial charge in [-0.05, 0) is 36.4 Å². The number of rotatable bonds is 5. The molecule has 132 valence electrons. The maximum absolute atomic E-state index is 12.4. The van der Waals surface area contributed by atoms with Crippen LogP contribution < -0.4 is 10.5 Å². The second-order valence-corrected chi connectivity index (χ2v) is 7.02. The van der Waals surface area contributed by atoms with Crippen LogP contribution >= 0.6 is 0 Å². The van der Waals surface area contributed by atoms with E-state index in [1.54, 1.807) is 12.1 Å². The highest BCUT2D eigenvalue weighted by atomic mass is 32.2. The summed E-state index contributed by atoms with van der Waals surface area (Å²) in [6.45, 7) is 0. The van der Waals surface area contributed by atoms with Crippen molar-refractivity contribution in [1.29, 1.82) is 0 Å². The number of phenols is 1. The SMILES string of the molecule is NC(=O)c1ccc(S(=O)(=O)Nc2cnc(-c3cccc(O)c3)nc2)cc1. The van der Waals surface area contributed by atoms with Crippen LogP contribution in [0.4, 0.5) is 5.69 Å². The van der Waals surface area contributed by atoms with E-state index in [9.17, 15) is 18.3 Å². The quantitative estimate of drug-likeness (QED) is 0.626. The zero-order valence-corrected chi connectivity index (χ0v) is 14.1. The van der Waals surface area contributed by atoms with Crippen LogP contribution in [0.1, 0.15) is 10.4 Å².